The van der Waals surface area contributed by atoms with Gasteiger partial charge in [-0.25, -0.2) is 4.98 Å². The number of piperidine rings is 1. The smallest absolute Gasteiger partial charge is 0.245 e. The zero-order valence-corrected chi connectivity index (χ0v) is 16.2. The van der Waals surface area contributed by atoms with E-state index in [1.54, 1.807) is 6.20 Å². The van der Waals surface area contributed by atoms with Crippen molar-refractivity contribution in [3.8, 4) is 0 Å². The second-order valence-electron chi connectivity index (χ2n) is 8.08. The van der Waals surface area contributed by atoms with Crippen LogP contribution < -0.4 is 0 Å². The van der Waals surface area contributed by atoms with Crippen LogP contribution in [0.5, 0.6) is 0 Å². The van der Waals surface area contributed by atoms with E-state index in [-0.39, 0.29) is 17.5 Å². The van der Waals surface area contributed by atoms with Gasteiger partial charge in [-0.2, -0.15) is 0 Å². The average Bonchev–Trinajstić information content (AvgIpc) is 3.08. The molecule has 1 saturated heterocycles. The SMILES string of the molecule is Cc1nccn1[C@H](C)C(=O)N(C)CC1(N2CCCCC2)CCCCC1. The molecule has 2 aliphatic rings. The van der Waals surface area contributed by atoms with Crippen molar-refractivity contribution >= 4 is 5.91 Å². The van der Waals surface area contributed by atoms with Crippen molar-refractivity contribution in [1.82, 2.24) is 19.4 Å². The lowest BCUT2D eigenvalue weighted by molar-refractivity contribution is -0.135. The monoisotopic (exact) mass is 346 g/mol. The number of aromatic nitrogens is 2. The lowest BCUT2D eigenvalue weighted by atomic mass is 9.78. The van der Waals surface area contributed by atoms with E-state index in [9.17, 15) is 4.79 Å². The zero-order chi connectivity index (χ0) is 17.9. The van der Waals surface area contributed by atoms with Crippen molar-refractivity contribution in [2.45, 2.75) is 76.8 Å². The lowest BCUT2D eigenvalue weighted by Crippen LogP contribution is -2.58. The molecule has 1 aliphatic carbocycles. The van der Waals surface area contributed by atoms with E-state index >= 15 is 0 Å². The fraction of sp³-hybridized carbons (Fsp3) is 0.800. The molecular formula is C20H34N4O. The molecule has 0 bridgehead atoms. The Morgan fingerprint density at radius 3 is 2.44 bits per heavy atom. The Morgan fingerprint density at radius 2 is 1.84 bits per heavy atom. The van der Waals surface area contributed by atoms with Gasteiger partial charge in [0.15, 0.2) is 0 Å². The van der Waals surface area contributed by atoms with Crippen LogP contribution in [0.3, 0.4) is 0 Å². The number of hydrogen-bond acceptors (Lipinski definition) is 3. The van der Waals surface area contributed by atoms with Crippen molar-refractivity contribution in [3.63, 3.8) is 0 Å². The number of likely N-dealkylation sites (tertiary alicyclic amines) is 1. The highest BCUT2D eigenvalue weighted by molar-refractivity contribution is 5.80. The van der Waals surface area contributed by atoms with Crippen LogP contribution in [0.2, 0.25) is 0 Å². The molecule has 1 aromatic heterocycles. The van der Waals surface area contributed by atoms with Gasteiger partial charge in [-0.15, -0.1) is 0 Å². The predicted octanol–water partition coefficient (Wildman–Crippen LogP) is 3.40. The quantitative estimate of drug-likeness (QED) is 0.820. The predicted molar refractivity (Wildman–Crippen MR) is 101 cm³/mol. The van der Waals surface area contributed by atoms with Gasteiger partial charge in [-0.05, 0) is 52.6 Å². The summed E-state index contributed by atoms with van der Waals surface area (Å²) in [5.74, 6) is 1.10. The largest absolute Gasteiger partial charge is 0.342 e. The van der Waals surface area contributed by atoms with Crippen molar-refractivity contribution in [2.24, 2.45) is 0 Å². The first-order valence-electron chi connectivity index (χ1n) is 10.0. The summed E-state index contributed by atoms with van der Waals surface area (Å²) in [7, 11) is 1.99. The highest BCUT2D eigenvalue weighted by Crippen LogP contribution is 2.36. The van der Waals surface area contributed by atoms with Crippen LogP contribution in [0.1, 0.15) is 70.2 Å². The van der Waals surface area contributed by atoms with Crippen LogP contribution in [0.25, 0.3) is 0 Å². The topological polar surface area (TPSA) is 41.4 Å². The molecule has 140 valence electrons. The second-order valence-corrected chi connectivity index (χ2v) is 8.08. The van der Waals surface area contributed by atoms with Crippen molar-refractivity contribution in [3.05, 3.63) is 18.2 Å². The third-order valence-electron chi connectivity index (χ3n) is 6.36. The number of nitrogens with zero attached hydrogens (tertiary/aromatic N) is 4. The molecule has 0 radical (unpaired) electrons. The molecule has 1 atom stereocenters. The first-order chi connectivity index (χ1) is 12.0. The maximum Gasteiger partial charge on any atom is 0.245 e. The highest BCUT2D eigenvalue weighted by Gasteiger charge is 2.40. The van der Waals surface area contributed by atoms with Gasteiger partial charge in [-0.1, -0.05) is 25.7 Å². The molecule has 0 N–H and O–H groups in total. The van der Waals surface area contributed by atoms with Crippen molar-refractivity contribution < 1.29 is 4.79 Å². The minimum absolute atomic E-state index is 0.186. The Kier molecular flexibility index (Phi) is 5.82. The average molecular weight is 347 g/mol. The van der Waals surface area contributed by atoms with Crippen LogP contribution in [0, 0.1) is 6.92 Å². The van der Waals surface area contributed by atoms with E-state index in [0.717, 1.165) is 12.4 Å². The summed E-state index contributed by atoms with van der Waals surface area (Å²) in [6.07, 6.45) is 14.1. The zero-order valence-electron chi connectivity index (χ0n) is 16.2. The Morgan fingerprint density at radius 1 is 1.20 bits per heavy atom. The van der Waals surface area contributed by atoms with E-state index in [2.05, 4.69) is 9.88 Å². The Labute approximate surface area is 152 Å². The number of amides is 1. The normalized spacial score (nSPS) is 22.5. The van der Waals surface area contributed by atoms with E-state index in [4.69, 9.17) is 0 Å². The molecule has 3 rings (SSSR count). The molecular weight excluding hydrogens is 312 g/mol. The number of hydrogen-bond donors (Lipinski definition) is 0. The number of aryl methyl sites for hydroxylation is 1. The number of carbonyl (C=O) groups excluding carboxylic acids is 1. The van der Waals surface area contributed by atoms with E-state index in [1.807, 2.05) is 36.6 Å². The molecule has 0 spiro atoms. The number of imidazole rings is 1. The third-order valence-corrected chi connectivity index (χ3v) is 6.36. The summed E-state index contributed by atoms with van der Waals surface area (Å²) in [4.78, 5) is 22.0. The fourth-order valence-corrected chi connectivity index (χ4v) is 4.91. The summed E-state index contributed by atoms with van der Waals surface area (Å²) >= 11 is 0. The molecule has 25 heavy (non-hydrogen) atoms. The number of likely N-dealkylation sites (N-methyl/N-ethyl adjacent to an activating group) is 1. The summed E-state index contributed by atoms with van der Waals surface area (Å²) < 4.78 is 1.98. The van der Waals surface area contributed by atoms with E-state index < -0.39 is 0 Å². The van der Waals surface area contributed by atoms with Gasteiger partial charge in [-0.3, -0.25) is 9.69 Å². The molecule has 0 unspecified atom stereocenters. The molecule has 2 fully saturated rings. The van der Waals surface area contributed by atoms with Crippen LogP contribution >= 0.6 is 0 Å². The van der Waals surface area contributed by atoms with Crippen LogP contribution in [-0.2, 0) is 4.79 Å². The third kappa shape index (κ3) is 3.91. The van der Waals surface area contributed by atoms with Gasteiger partial charge >= 0.3 is 0 Å². The first kappa shape index (κ1) is 18.4. The Balaban J connectivity index is 1.72. The number of rotatable bonds is 5. The van der Waals surface area contributed by atoms with Crippen molar-refractivity contribution in [2.75, 3.05) is 26.7 Å². The molecule has 1 amide bonds. The van der Waals surface area contributed by atoms with Crippen LogP contribution in [-0.4, -0.2) is 57.5 Å². The lowest BCUT2D eigenvalue weighted by Gasteiger charge is -2.50. The minimum Gasteiger partial charge on any atom is -0.342 e. The molecule has 1 aromatic rings. The molecule has 5 heteroatoms. The van der Waals surface area contributed by atoms with Crippen LogP contribution in [0.4, 0.5) is 0 Å². The maximum absolute atomic E-state index is 13.1. The maximum atomic E-state index is 13.1. The Hall–Kier alpha value is -1.36. The van der Waals surface area contributed by atoms with E-state index in [0.29, 0.717) is 0 Å². The number of carbonyl (C=O) groups is 1. The molecule has 2 heterocycles. The van der Waals surface area contributed by atoms with Gasteiger partial charge in [0.1, 0.15) is 11.9 Å². The molecule has 5 nitrogen and oxygen atoms in total. The summed E-state index contributed by atoms with van der Waals surface area (Å²) in [6, 6.07) is -0.186. The minimum atomic E-state index is -0.186. The first-order valence-corrected chi connectivity index (χ1v) is 10.0. The molecule has 0 aromatic carbocycles. The van der Waals surface area contributed by atoms with E-state index in [1.165, 1.54) is 64.5 Å². The highest BCUT2D eigenvalue weighted by atomic mass is 16.2. The fourth-order valence-electron chi connectivity index (χ4n) is 4.91. The van der Waals surface area contributed by atoms with Gasteiger partial charge in [0.05, 0.1) is 0 Å². The van der Waals surface area contributed by atoms with Gasteiger partial charge in [0.2, 0.25) is 5.91 Å². The summed E-state index contributed by atoms with van der Waals surface area (Å²) in [5, 5.41) is 0. The Bertz CT molecular complexity index is 570. The van der Waals surface area contributed by atoms with Gasteiger partial charge in [0, 0.05) is 31.5 Å². The van der Waals surface area contributed by atoms with Crippen molar-refractivity contribution in [1.29, 1.82) is 0 Å². The molecule has 1 aliphatic heterocycles. The standard InChI is InChI=1S/C20H34N4O/c1-17(24-15-12-21-18(24)2)19(25)22(3)16-20(10-6-4-7-11-20)23-13-8-5-9-14-23/h12,15,17H,4-11,13-14,16H2,1-3H3/t17-/m1/s1. The summed E-state index contributed by atoms with van der Waals surface area (Å²) in [6.45, 7) is 7.22. The van der Waals surface area contributed by atoms with Gasteiger partial charge < -0.3 is 9.47 Å². The second kappa shape index (κ2) is 7.90. The molecule has 1 saturated carbocycles. The van der Waals surface area contributed by atoms with Crippen LogP contribution in [0.15, 0.2) is 12.4 Å². The van der Waals surface area contributed by atoms with Gasteiger partial charge in [0.25, 0.3) is 0 Å². The summed E-state index contributed by atoms with van der Waals surface area (Å²) in [5.41, 5.74) is 0.201.